The third-order valence-corrected chi connectivity index (χ3v) is 2.62. The topological polar surface area (TPSA) is 73.3 Å². The summed E-state index contributed by atoms with van der Waals surface area (Å²) in [6.45, 7) is 3.44. The van der Waals surface area contributed by atoms with E-state index in [1.54, 1.807) is 6.92 Å². The number of nitrogen functional groups attached to an aromatic ring is 1. The molecular formula is C13H21N3O. The van der Waals surface area contributed by atoms with Crippen LogP contribution in [-0.2, 0) is 6.54 Å². The highest BCUT2D eigenvalue weighted by Gasteiger charge is 2.04. The van der Waals surface area contributed by atoms with E-state index in [4.69, 9.17) is 11.1 Å². The highest BCUT2D eigenvalue weighted by molar-refractivity contribution is 5.95. The molecule has 0 aliphatic heterocycles. The molecule has 0 bridgehead atoms. The van der Waals surface area contributed by atoms with Gasteiger partial charge in [-0.1, -0.05) is 18.2 Å². The summed E-state index contributed by atoms with van der Waals surface area (Å²) in [5.74, 6) is 0.0958. The first-order valence-electron chi connectivity index (χ1n) is 5.79. The molecule has 1 unspecified atom stereocenters. The average molecular weight is 235 g/mol. The van der Waals surface area contributed by atoms with Gasteiger partial charge in [0.2, 0.25) is 0 Å². The van der Waals surface area contributed by atoms with Crippen molar-refractivity contribution in [1.29, 1.82) is 5.41 Å². The minimum absolute atomic E-state index is 0.0958. The number of nitrogens with two attached hydrogens (primary N) is 1. The Morgan fingerprint density at radius 3 is 2.82 bits per heavy atom. The third kappa shape index (κ3) is 4.97. The van der Waals surface area contributed by atoms with E-state index in [1.165, 1.54) is 0 Å². The summed E-state index contributed by atoms with van der Waals surface area (Å²) >= 11 is 0. The first kappa shape index (κ1) is 13.7. The summed E-state index contributed by atoms with van der Waals surface area (Å²) in [4.78, 5) is 2.14. The average Bonchev–Trinajstić information content (AvgIpc) is 2.26. The Hall–Kier alpha value is -1.39. The van der Waals surface area contributed by atoms with Crippen molar-refractivity contribution in [3.8, 4) is 0 Å². The van der Waals surface area contributed by atoms with Crippen molar-refractivity contribution in [2.24, 2.45) is 5.73 Å². The zero-order chi connectivity index (χ0) is 12.8. The predicted octanol–water partition coefficient (Wildman–Crippen LogP) is 1.17. The number of amidine groups is 1. The lowest BCUT2D eigenvalue weighted by molar-refractivity contribution is 0.163. The maximum absolute atomic E-state index is 9.21. The number of hydrogen-bond donors (Lipinski definition) is 3. The van der Waals surface area contributed by atoms with Gasteiger partial charge < -0.3 is 15.7 Å². The Morgan fingerprint density at radius 1 is 1.53 bits per heavy atom. The lowest BCUT2D eigenvalue weighted by Gasteiger charge is -2.17. The Balaban J connectivity index is 2.56. The normalized spacial score (nSPS) is 12.7. The molecule has 0 saturated carbocycles. The molecule has 1 aromatic rings. The minimum atomic E-state index is -0.263. The van der Waals surface area contributed by atoms with Gasteiger partial charge in [-0.25, -0.2) is 0 Å². The molecule has 4 nitrogen and oxygen atoms in total. The first-order chi connectivity index (χ1) is 7.99. The Labute approximate surface area is 103 Å². The predicted molar refractivity (Wildman–Crippen MR) is 70.1 cm³/mol. The van der Waals surface area contributed by atoms with E-state index in [2.05, 4.69) is 4.90 Å². The van der Waals surface area contributed by atoms with Gasteiger partial charge in [-0.05, 0) is 32.0 Å². The molecule has 0 heterocycles. The molecule has 0 radical (unpaired) electrons. The zero-order valence-corrected chi connectivity index (χ0v) is 10.5. The Kier molecular flexibility index (Phi) is 5.12. The summed E-state index contributed by atoms with van der Waals surface area (Å²) in [5, 5.41) is 16.6. The van der Waals surface area contributed by atoms with Crippen molar-refractivity contribution >= 4 is 5.84 Å². The number of aliphatic hydroxyl groups excluding tert-OH is 1. The summed E-state index contributed by atoms with van der Waals surface area (Å²) in [7, 11) is 2.02. The molecule has 0 fully saturated rings. The molecule has 0 saturated heterocycles. The minimum Gasteiger partial charge on any atom is -0.393 e. The van der Waals surface area contributed by atoms with Crippen molar-refractivity contribution in [2.75, 3.05) is 13.6 Å². The van der Waals surface area contributed by atoms with E-state index in [0.29, 0.717) is 0 Å². The van der Waals surface area contributed by atoms with Gasteiger partial charge in [0.25, 0.3) is 0 Å². The van der Waals surface area contributed by atoms with E-state index in [9.17, 15) is 5.11 Å². The second kappa shape index (κ2) is 6.37. The molecule has 1 rings (SSSR count). The van der Waals surface area contributed by atoms with Gasteiger partial charge in [-0.3, -0.25) is 5.41 Å². The number of benzene rings is 1. The lowest BCUT2D eigenvalue weighted by Crippen LogP contribution is -2.22. The Morgan fingerprint density at radius 2 is 2.24 bits per heavy atom. The van der Waals surface area contributed by atoms with Crippen molar-refractivity contribution in [2.45, 2.75) is 26.0 Å². The molecule has 0 aliphatic carbocycles. The van der Waals surface area contributed by atoms with E-state index >= 15 is 0 Å². The molecule has 1 atom stereocenters. The molecule has 4 N–H and O–H groups in total. The van der Waals surface area contributed by atoms with Crippen LogP contribution in [-0.4, -0.2) is 35.5 Å². The SMILES string of the molecule is CC(O)CCN(C)Cc1cccc(C(=N)N)c1. The molecule has 94 valence electrons. The maximum Gasteiger partial charge on any atom is 0.122 e. The largest absolute Gasteiger partial charge is 0.393 e. The molecule has 17 heavy (non-hydrogen) atoms. The summed E-state index contributed by atoms with van der Waals surface area (Å²) in [6, 6.07) is 7.70. The van der Waals surface area contributed by atoms with E-state index in [0.717, 1.165) is 30.6 Å². The van der Waals surface area contributed by atoms with Crippen LogP contribution in [0.5, 0.6) is 0 Å². The van der Waals surface area contributed by atoms with Gasteiger partial charge in [-0.15, -0.1) is 0 Å². The Bertz CT molecular complexity index is 377. The van der Waals surface area contributed by atoms with Crippen LogP contribution in [0.1, 0.15) is 24.5 Å². The fourth-order valence-electron chi connectivity index (χ4n) is 1.64. The van der Waals surface area contributed by atoms with Gasteiger partial charge in [0.05, 0.1) is 6.10 Å². The fraction of sp³-hybridized carbons (Fsp3) is 0.462. The summed E-state index contributed by atoms with van der Waals surface area (Å²) in [5.41, 5.74) is 7.33. The molecule has 0 aromatic heterocycles. The van der Waals surface area contributed by atoms with Crippen molar-refractivity contribution in [1.82, 2.24) is 4.90 Å². The number of rotatable bonds is 6. The van der Waals surface area contributed by atoms with Gasteiger partial charge in [-0.2, -0.15) is 0 Å². The standard InChI is InChI=1S/C13H21N3O/c1-10(17)6-7-16(2)9-11-4-3-5-12(8-11)13(14)15/h3-5,8,10,17H,6-7,9H2,1-2H3,(H3,14,15). The number of nitrogens with one attached hydrogen (secondary N) is 1. The number of aliphatic hydroxyl groups is 1. The van der Waals surface area contributed by atoms with E-state index in [-0.39, 0.29) is 11.9 Å². The summed E-state index contributed by atoms with van der Waals surface area (Å²) < 4.78 is 0. The van der Waals surface area contributed by atoms with Crippen LogP contribution in [0, 0.1) is 5.41 Å². The number of hydrogen-bond acceptors (Lipinski definition) is 3. The van der Waals surface area contributed by atoms with E-state index < -0.39 is 0 Å². The highest BCUT2D eigenvalue weighted by atomic mass is 16.3. The first-order valence-corrected chi connectivity index (χ1v) is 5.79. The van der Waals surface area contributed by atoms with Gasteiger partial charge in [0.15, 0.2) is 0 Å². The second-order valence-electron chi connectivity index (χ2n) is 4.49. The molecule has 0 spiro atoms. The molecule has 4 heteroatoms. The zero-order valence-electron chi connectivity index (χ0n) is 10.5. The van der Waals surface area contributed by atoms with Crippen LogP contribution in [0.2, 0.25) is 0 Å². The lowest BCUT2D eigenvalue weighted by atomic mass is 10.1. The van der Waals surface area contributed by atoms with Crippen LogP contribution in [0.15, 0.2) is 24.3 Å². The van der Waals surface area contributed by atoms with Gasteiger partial charge >= 0.3 is 0 Å². The molecular weight excluding hydrogens is 214 g/mol. The third-order valence-electron chi connectivity index (χ3n) is 2.62. The highest BCUT2D eigenvalue weighted by Crippen LogP contribution is 2.07. The molecule has 0 amide bonds. The van der Waals surface area contributed by atoms with Crippen molar-refractivity contribution in [3.05, 3.63) is 35.4 Å². The molecule has 0 aliphatic rings. The van der Waals surface area contributed by atoms with Crippen LogP contribution < -0.4 is 5.73 Å². The fourth-order valence-corrected chi connectivity index (χ4v) is 1.64. The van der Waals surface area contributed by atoms with Crippen LogP contribution >= 0.6 is 0 Å². The molecule has 1 aromatic carbocycles. The van der Waals surface area contributed by atoms with Crippen LogP contribution in [0.25, 0.3) is 0 Å². The second-order valence-corrected chi connectivity index (χ2v) is 4.49. The van der Waals surface area contributed by atoms with Crippen molar-refractivity contribution in [3.63, 3.8) is 0 Å². The maximum atomic E-state index is 9.21. The quantitative estimate of drug-likeness (QED) is 0.512. The van der Waals surface area contributed by atoms with Crippen LogP contribution in [0.4, 0.5) is 0 Å². The number of nitrogens with zero attached hydrogens (tertiary/aromatic N) is 1. The monoisotopic (exact) mass is 235 g/mol. The van der Waals surface area contributed by atoms with Crippen LogP contribution in [0.3, 0.4) is 0 Å². The van der Waals surface area contributed by atoms with E-state index in [1.807, 2.05) is 31.3 Å². The van der Waals surface area contributed by atoms with Gasteiger partial charge in [0, 0.05) is 18.7 Å². The van der Waals surface area contributed by atoms with Crippen molar-refractivity contribution < 1.29 is 5.11 Å². The summed E-state index contributed by atoms with van der Waals surface area (Å²) in [6.07, 6.45) is 0.504. The van der Waals surface area contributed by atoms with Gasteiger partial charge in [0.1, 0.15) is 5.84 Å². The smallest absolute Gasteiger partial charge is 0.122 e.